The molecule has 0 nitrogen and oxygen atoms in total. The molecule has 0 spiro atoms. The van der Waals surface area contributed by atoms with Gasteiger partial charge in [0.25, 0.3) is 0 Å². The molecule has 0 bridgehead atoms. The van der Waals surface area contributed by atoms with E-state index in [4.69, 9.17) is 0 Å². The zero-order valence-electron chi connectivity index (χ0n) is 14.3. The summed E-state index contributed by atoms with van der Waals surface area (Å²) in [6.45, 7) is 0. The topological polar surface area (TPSA) is 0 Å². The number of thiophene rings is 1. The normalized spacial score (nSPS) is 13.0. The van der Waals surface area contributed by atoms with E-state index < -0.39 is 5.31 Å². The number of benzene rings is 3. The van der Waals surface area contributed by atoms with E-state index in [1.807, 2.05) is 0 Å². The van der Waals surface area contributed by atoms with Crippen LogP contribution in [0.25, 0.3) is 0 Å². The van der Waals surface area contributed by atoms with Gasteiger partial charge in [0.1, 0.15) is 0 Å². The third kappa shape index (κ3) is 2.87. The van der Waals surface area contributed by atoms with Crippen LogP contribution in [0.4, 0.5) is 0 Å². The molecule has 4 aromatic rings. The Balaban J connectivity index is 2.10. The molecule has 0 unspecified atom stereocenters. The van der Waals surface area contributed by atoms with E-state index in [9.17, 15) is 0 Å². The Hall–Kier alpha value is -1.73. The van der Waals surface area contributed by atoms with Crippen LogP contribution in [0, 0.1) is 0 Å². The Bertz CT molecular complexity index is 867. The summed E-state index contributed by atoms with van der Waals surface area (Å²) in [5, 5.41) is 5.71. The van der Waals surface area contributed by atoms with Gasteiger partial charge in [-0.2, -0.15) is 0 Å². The fourth-order valence-corrected chi connectivity index (χ4v) is 12.2. The van der Waals surface area contributed by atoms with E-state index in [0.29, 0.717) is 0 Å². The molecule has 0 radical (unpaired) electrons. The van der Waals surface area contributed by atoms with Crippen LogP contribution in [0.2, 0.25) is 0 Å². The van der Waals surface area contributed by atoms with Crippen molar-refractivity contribution in [1.82, 2.24) is 0 Å². The summed E-state index contributed by atoms with van der Waals surface area (Å²) in [7, 11) is 0. The van der Waals surface area contributed by atoms with Crippen LogP contribution >= 0.6 is 32.1 Å². The zero-order valence-corrected chi connectivity index (χ0v) is 17.6. The van der Waals surface area contributed by atoms with Crippen LogP contribution < -0.4 is 15.9 Å². The van der Waals surface area contributed by atoms with Crippen LogP contribution in [-0.4, -0.2) is 0 Å². The quantitative estimate of drug-likeness (QED) is 0.330. The summed E-state index contributed by atoms with van der Waals surface area (Å²) in [4.78, 5) is 0. The predicted molar refractivity (Wildman–Crippen MR) is 122 cm³/mol. The van der Waals surface area contributed by atoms with Gasteiger partial charge in [-0.1, -0.05) is 0 Å². The number of hydrogen-bond donors (Lipinski definition) is 0. The fraction of sp³-hybridized carbons (Fsp3) is 0.0435. The summed E-state index contributed by atoms with van der Waals surface area (Å²) in [6.07, 6.45) is 0.965. The van der Waals surface area contributed by atoms with Crippen LogP contribution in [-0.2, 0) is 6.16 Å². The molecule has 0 fully saturated rings. The third-order valence-corrected chi connectivity index (χ3v) is 15.2. The molecule has 0 saturated heterocycles. The minimum absolute atomic E-state index is 0.965. The first-order chi connectivity index (χ1) is 12.7. The van der Waals surface area contributed by atoms with Gasteiger partial charge in [-0.25, -0.2) is 0 Å². The van der Waals surface area contributed by atoms with E-state index in [-0.39, 0.29) is 0 Å². The van der Waals surface area contributed by atoms with E-state index in [2.05, 4.69) is 123 Å². The molecular formula is C23H20BrPS. The summed E-state index contributed by atoms with van der Waals surface area (Å²) >= 11 is 6.24. The van der Waals surface area contributed by atoms with Gasteiger partial charge < -0.3 is 0 Å². The van der Waals surface area contributed by atoms with Gasteiger partial charge in [-0.3, -0.25) is 0 Å². The van der Waals surface area contributed by atoms with Crippen molar-refractivity contribution in [1.29, 1.82) is 0 Å². The summed E-state index contributed by atoms with van der Waals surface area (Å²) in [5.74, 6) is 0. The second kappa shape index (κ2) is 7.12. The van der Waals surface area contributed by atoms with Crippen LogP contribution in [0.1, 0.15) is 5.56 Å². The van der Waals surface area contributed by atoms with Gasteiger partial charge in [0.05, 0.1) is 0 Å². The van der Waals surface area contributed by atoms with E-state index in [0.717, 1.165) is 6.16 Å². The van der Waals surface area contributed by atoms with Crippen molar-refractivity contribution < 1.29 is 0 Å². The van der Waals surface area contributed by atoms with Crippen LogP contribution in [0.3, 0.4) is 0 Å². The number of halogens is 1. The second-order valence-electron chi connectivity index (χ2n) is 6.48. The Morgan fingerprint density at radius 2 is 1.04 bits per heavy atom. The predicted octanol–water partition coefficient (Wildman–Crippen LogP) is 6.09. The van der Waals surface area contributed by atoms with Crippen molar-refractivity contribution in [3.8, 4) is 0 Å². The molecule has 1 aromatic heterocycles. The molecule has 26 heavy (non-hydrogen) atoms. The second-order valence-corrected chi connectivity index (χ2v) is 16.2. The van der Waals surface area contributed by atoms with Gasteiger partial charge >= 0.3 is 168 Å². The average Bonchev–Trinajstić information content (AvgIpc) is 3.23. The number of hydrogen-bond acceptors (Lipinski definition) is 1. The first kappa shape index (κ1) is 17.7. The maximum atomic E-state index is 4.47. The molecule has 0 saturated carbocycles. The standard InChI is InChI=1S/C23H20BrPS/c24-25(18-20-16-17-26-19-20,21-10-4-1-5-11-21,22-12-6-2-7-13-22)23-14-8-3-9-15-23/h1-17,19H,18H2. The van der Waals surface area contributed by atoms with Crippen molar-refractivity contribution in [2.24, 2.45) is 0 Å². The summed E-state index contributed by atoms with van der Waals surface area (Å²) in [6, 6.07) is 35.1. The van der Waals surface area contributed by atoms with Gasteiger partial charge in [0, 0.05) is 0 Å². The van der Waals surface area contributed by atoms with E-state index in [1.165, 1.54) is 21.5 Å². The third-order valence-electron chi connectivity index (χ3n) is 4.94. The van der Waals surface area contributed by atoms with Crippen molar-refractivity contribution in [3.05, 3.63) is 113 Å². The van der Waals surface area contributed by atoms with Crippen molar-refractivity contribution in [3.63, 3.8) is 0 Å². The molecule has 130 valence electrons. The van der Waals surface area contributed by atoms with Crippen molar-refractivity contribution in [2.45, 2.75) is 6.16 Å². The van der Waals surface area contributed by atoms with E-state index in [1.54, 1.807) is 11.3 Å². The van der Waals surface area contributed by atoms with Crippen molar-refractivity contribution >= 4 is 48.0 Å². The molecule has 4 rings (SSSR count). The Labute approximate surface area is 167 Å². The van der Waals surface area contributed by atoms with Crippen LogP contribution in [0.15, 0.2) is 108 Å². The van der Waals surface area contributed by atoms with Crippen molar-refractivity contribution in [2.75, 3.05) is 0 Å². The average molecular weight is 439 g/mol. The molecule has 0 aliphatic heterocycles. The zero-order chi connectivity index (χ0) is 17.9. The fourth-order valence-electron chi connectivity index (χ4n) is 3.66. The van der Waals surface area contributed by atoms with Gasteiger partial charge in [0.2, 0.25) is 0 Å². The first-order valence-electron chi connectivity index (χ1n) is 8.62. The maximum absolute atomic E-state index is 4.47. The SMILES string of the molecule is BrP(Cc1ccsc1)(c1ccccc1)(c1ccccc1)c1ccccc1. The Morgan fingerprint density at radius 1 is 0.615 bits per heavy atom. The molecule has 0 aliphatic carbocycles. The van der Waals surface area contributed by atoms with Gasteiger partial charge in [-0.15, -0.1) is 0 Å². The first-order valence-corrected chi connectivity index (χ1v) is 14.0. The minimum atomic E-state index is -2.82. The molecule has 1 heterocycles. The monoisotopic (exact) mass is 438 g/mol. The number of rotatable bonds is 5. The van der Waals surface area contributed by atoms with E-state index >= 15 is 0 Å². The molecule has 0 aliphatic rings. The molecular weight excluding hydrogens is 419 g/mol. The molecule has 0 atom stereocenters. The van der Waals surface area contributed by atoms with Gasteiger partial charge in [-0.05, 0) is 0 Å². The Morgan fingerprint density at radius 3 is 1.38 bits per heavy atom. The van der Waals surface area contributed by atoms with Gasteiger partial charge in [0.15, 0.2) is 0 Å². The Kier molecular flexibility index (Phi) is 4.84. The van der Waals surface area contributed by atoms with Crippen LogP contribution in [0.5, 0.6) is 0 Å². The summed E-state index contributed by atoms with van der Waals surface area (Å²) < 4.78 is 0. The summed E-state index contributed by atoms with van der Waals surface area (Å²) in [5.41, 5.74) is 1.38. The molecule has 0 amide bonds. The molecule has 3 aromatic carbocycles. The molecule has 0 N–H and O–H groups in total. The molecule has 3 heteroatoms.